The van der Waals surface area contributed by atoms with Gasteiger partial charge >= 0.3 is 0 Å². The van der Waals surface area contributed by atoms with Gasteiger partial charge in [-0.15, -0.1) is 0 Å². The zero-order valence-electron chi connectivity index (χ0n) is 15.0. The van der Waals surface area contributed by atoms with E-state index in [9.17, 15) is 13.2 Å². The number of rotatable bonds is 7. The van der Waals surface area contributed by atoms with Gasteiger partial charge in [-0.1, -0.05) is 60.8 Å². The number of sulfonamides is 1. The summed E-state index contributed by atoms with van der Waals surface area (Å²) in [5, 5.41) is 3.43. The molecule has 0 saturated heterocycles. The van der Waals surface area contributed by atoms with E-state index >= 15 is 0 Å². The Kier molecular flexibility index (Phi) is 6.52. The number of hydrogen-bond donors (Lipinski definition) is 1. The third-order valence-electron chi connectivity index (χ3n) is 4.73. The Morgan fingerprint density at radius 1 is 1.04 bits per heavy atom. The molecule has 27 heavy (non-hydrogen) atoms. The summed E-state index contributed by atoms with van der Waals surface area (Å²) in [6.45, 7) is -0.200. The first-order valence-corrected chi connectivity index (χ1v) is 10.9. The summed E-state index contributed by atoms with van der Waals surface area (Å²) < 4.78 is 27.4. The van der Waals surface area contributed by atoms with Crippen molar-refractivity contribution in [2.45, 2.75) is 43.2 Å². The maximum absolute atomic E-state index is 13.1. The average molecular weight is 407 g/mol. The average Bonchev–Trinajstić information content (AvgIpc) is 3.16. The van der Waals surface area contributed by atoms with Gasteiger partial charge in [-0.3, -0.25) is 4.79 Å². The molecule has 1 aliphatic carbocycles. The molecule has 2 aromatic rings. The minimum absolute atomic E-state index is 0.0367. The van der Waals surface area contributed by atoms with E-state index in [-0.39, 0.29) is 29.9 Å². The van der Waals surface area contributed by atoms with Gasteiger partial charge in [0, 0.05) is 17.6 Å². The molecule has 7 heteroatoms. The minimum atomic E-state index is -3.83. The molecule has 1 N–H and O–H groups in total. The van der Waals surface area contributed by atoms with Crippen LogP contribution in [0.2, 0.25) is 5.02 Å². The van der Waals surface area contributed by atoms with Crippen LogP contribution in [-0.4, -0.2) is 31.2 Å². The Morgan fingerprint density at radius 3 is 2.33 bits per heavy atom. The molecule has 1 saturated carbocycles. The van der Waals surface area contributed by atoms with Crippen LogP contribution in [0.5, 0.6) is 0 Å². The third-order valence-corrected chi connectivity index (χ3v) is 6.90. The Morgan fingerprint density at radius 2 is 1.67 bits per heavy atom. The van der Waals surface area contributed by atoms with Crippen LogP contribution in [0.4, 0.5) is 0 Å². The Hall–Kier alpha value is -1.89. The molecule has 1 fully saturated rings. The molecule has 0 atom stereocenters. The number of carbonyl (C=O) groups is 1. The first-order chi connectivity index (χ1) is 13.0. The van der Waals surface area contributed by atoms with Crippen molar-refractivity contribution in [1.82, 2.24) is 9.62 Å². The van der Waals surface area contributed by atoms with Crippen molar-refractivity contribution in [3.05, 3.63) is 65.2 Å². The molecule has 0 aliphatic heterocycles. The van der Waals surface area contributed by atoms with Crippen molar-refractivity contribution in [1.29, 1.82) is 0 Å². The number of nitrogens with one attached hydrogen (secondary N) is 1. The number of hydrogen-bond acceptors (Lipinski definition) is 3. The molecule has 2 aromatic carbocycles. The molecule has 0 aromatic heterocycles. The molecule has 0 heterocycles. The van der Waals surface area contributed by atoms with Crippen LogP contribution >= 0.6 is 11.6 Å². The zero-order chi connectivity index (χ0) is 19.3. The minimum Gasteiger partial charge on any atom is -0.352 e. The van der Waals surface area contributed by atoms with Gasteiger partial charge in [0.1, 0.15) is 0 Å². The highest BCUT2D eigenvalue weighted by molar-refractivity contribution is 7.89. The summed E-state index contributed by atoms with van der Waals surface area (Å²) in [6, 6.07) is 15.4. The summed E-state index contributed by atoms with van der Waals surface area (Å²) >= 11 is 6.22. The van der Waals surface area contributed by atoms with Gasteiger partial charge in [0.05, 0.1) is 11.4 Å². The molecule has 144 valence electrons. The van der Waals surface area contributed by atoms with E-state index in [1.54, 1.807) is 42.5 Å². The first-order valence-electron chi connectivity index (χ1n) is 9.05. The first kappa shape index (κ1) is 19.9. The number of carbonyl (C=O) groups excluding carboxylic acids is 1. The van der Waals surface area contributed by atoms with Gasteiger partial charge < -0.3 is 5.32 Å². The number of nitrogens with zero attached hydrogens (tertiary/aromatic N) is 1. The predicted octanol–water partition coefficient (Wildman–Crippen LogP) is 3.59. The van der Waals surface area contributed by atoms with Crippen LogP contribution in [0.3, 0.4) is 0 Å². The maximum Gasteiger partial charge on any atom is 0.243 e. The lowest BCUT2D eigenvalue weighted by Gasteiger charge is -2.23. The predicted molar refractivity (Wildman–Crippen MR) is 106 cm³/mol. The Bertz CT molecular complexity index is 881. The molecule has 3 rings (SSSR count). The fourth-order valence-corrected chi connectivity index (χ4v) is 4.88. The Balaban J connectivity index is 1.84. The van der Waals surface area contributed by atoms with Gasteiger partial charge in [0.15, 0.2) is 0 Å². The van der Waals surface area contributed by atoms with E-state index in [1.807, 2.05) is 0 Å². The topological polar surface area (TPSA) is 66.5 Å². The highest BCUT2D eigenvalue weighted by Crippen LogP contribution is 2.23. The van der Waals surface area contributed by atoms with E-state index < -0.39 is 10.0 Å². The normalized spacial score (nSPS) is 15.2. The summed E-state index contributed by atoms with van der Waals surface area (Å²) in [5.41, 5.74) is 0.660. The highest BCUT2D eigenvalue weighted by Gasteiger charge is 2.28. The van der Waals surface area contributed by atoms with Crippen molar-refractivity contribution in [2.75, 3.05) is 6.54 Å². The second-order valence-corrected chi connectivity index (χ2v) is 9.07. The van der Waals surface area contributed by atoms with Crippen molar-refractivity contribution >= 4 is 27.5 Å². The smallest absolute Gasteiger partial charge is 0.243 e. The third kappa shape index (κ3) is 5.09. The molecule has 0 radical (unpaired) electrons. The summed E-state index contributed by atoms with van der Waals surface area (Å²) in [4.78, 5) is 12.7. The molecule has 1 aliphatic rings. The lowest BCUT2D eigenvalue weighted by Crippen LogP contribution is -2.43. The van der Waals surface area contributed by atoms with Crippen molar-refractivity contribution in [3.8, 4) is 0 Å². The zero-order valence-corrected chi connectivity index (χ0v) is 16.5. The number of benzene rings is 2. The van der Waals surface area contributed by atoms with E-state index in [1.165, 1.54) is 16.4 Å². The molecular weight excluding hydrogens is 384 g/mol. The fourth-order valence-electron chi connectivity index (χ4n) is 3.29. The van der Waals surface area contributed by atoms with Gasteiger partial charge in [0.25, 0.3) is 0 Å². The Labute approximate surface area is 165 Å². The summed E-state index contributed by atoms with van der Waals surface area (Å²) in [6.07, 6.45) is 4.08. The van der Waals surface area contributed by atoms with Crippen LogP contribution in [0.1, 0.15) is 31.2 Å². The lowest BCUT2D eigenvalue weighted by molar-refractivity contribution is -0.122. The SMILES string of the molecule is O=C(CN(Cc1ccccc1Cl)S(=O)(=O)c1ccccc1)NC1CCCC1. The molecule has 5 nitrogen and oxygen atoms in total. The fraction of sp³-hybridized carbons (Fsp3) is 0.350. The van der Waals surface area contributed by atoms with Gasteiger partial charge in [-0.05, 0) is 36.6 Å². The maximum atomic E-state index is 13.1. The van der Waals surface area contributed by atoms with Crippen molar-refractivity contribution in [2.24, 2.45) is 0 Å². The van der Waals surface area contributed by atoms with Crippen molar-refractivity contribution in [3.63, 3.8) is 0 Å². The monoisotopic (exact) mass is 406 g/mol. The van der Waals surface area contributed by atoms with E-state index in [4.69, 9.17) is 11.6 Å². The highest BCUT2D eigenvalue weighted by atomic mass is 35.5. The number of amides is 1. The van der Waals surface area contributed by atoms with Gasteiger partial charge in [0.2, 0.25) is 15.9 Å². The van der Waals surface area contributed by atoms with E-state index in [0.717, 1.165) is 25.7 Å². The van der Waals surface area contributed by atoms with Gasteiger partial charge in [-0.2, -0.15) is 4.31 Å². The van der Waals surface area contributed by atoms with Gasteiger partial charge in [-0.25, -0.2) is 8.42 Å². The summed E-state index contributed by atoms with van der Waals surface area (Å²) in [5.74, 6) is -0.284. The van der Waals surface area contributed by atoms with Crippen LogP contribution in [0.25, 0.3) is 0 Å². The molecule has 1 amide bonds. The van der Waals surface area contributed by atoms with E-state index in [2.05, 4.69) is 5.32 Å². The molecular formula is C20H23ClN2O3S. The second kappa shape index (κ2) is 8.87. The molecule has 0 unspecified atom stereocenters. The standard InChI is InChI=1S/C20H23ClN2O3S/c21-19-13-7-4-8-16(19)14-23(15-20(24)22-17-9-5-6-10-17)27(25,26)18-11-2-1-3-12-18/h1-4,7-8,11-13,17H,5-6,9-10,14-15H2,(H,22,24). The lowest BCUT2D eigenvalue weighted by atomic mass is 10.2. The second-order valence-electron chi connectivity index (χ2n) is 6.73. The van der Waals surface area contributed by atoms with E-state index in [0.29, 0.717) is 10.6 Å². The van der Waals surface area contributed by atoms with Crippen LogP contribution in [0.15, 0.2) is 59.5 Å². The number of halogens is 1. The quantitative estimate of drug-likeness (QED) is 0.764. The molecule has 0 bridgehead atoms. The van der Waals surface area contributed by atoms with Crippen LogP contribution < -0.4 is 5.32 Å². The van der Waals surface area contributed by atoms with Crippen molar-refractivity contribution < 1.29 is 13.2 Å². The van der Waals surface area contributed by atoms with Crippen LogP contribution in [0, 0.1) is 0 Å². The summed E-state index contributed by atoms with van der Waals surface area (Å²) in [7, 11) is -3.83. The molecule has 0 spiro atoms. The largest absolute Gasteiger partial charge is 0.352 e. The van der Waals surface area contributed by atoms with Crippen LogP contribution in [-0.2, 0) is 21.4 Å².